The number of hydrogen-bond acceptors (Lipinski definition) is 1. The SMILES string of the molecule is CC(O)[NH+](C)C.F[B-](F)(F)F. The highest BCUT2D eigenvalue weighted by atomic mass is 19.5. The molecule has 1 unspecified atom stereocenters. The first-order chi connectivity index (χ1) is 4.64. The van der Waals surface area contributed by atoms with Crippen LogP contribution in [0.15, 0.2) is 0 Å². The van der Waals surface area contributed by atoms with Crippen molar-refractivity contribution in [2.24, 2.45) is 0 Å². The van der Waals surface area contributed by atoms with E-state index in [1.807, 2.05) is 14.1 Å². The lowest BCUT2D eigenvalue weighted by Crippen LogP contribution is -3.09. The molecule has 0 amide bonds. The zero-order valence-corrected chi connectivity index (χ0v) is 6.61. The Morgan fingerprint density at radius 1 is 1.18 bits per heavy atom. The van der Waals surface area contributed by atoms with Crippen LogP contribution in [0, 0.1) is 0 Å². The minimum absolute atomic E-state index is 0.231. The second kappa shape index (κ2) is 5.37. The zero-order valence-electron chi connectivity index (χ0n) is 6.61. The van der Waals surface area contributed by atoms with Crippen molar-refractivity contribution in [3.8, 4) is 0 Å². The van der Waals surface area contributed by atoms with Crippen LogP contribution in [-0.2, 0) is 0 Å². The van der Waals surface area contributed by atoms with Crippen LogP contribution in [0.2, 0.25) is 0 Å². The average molecular weight is 177 g/mol. The fourth-order valence-electron chi connectivity index (χ4n) is 0. The standard InChI is InChI=1S/C4H11NO.BF4/c1-4(6)5(2)3;2-1(3,4)5/h4,6H,1-3H3;/q;-1/p+1. The summed E-state index contributed by atoms with van der Waals surface area (Å²) in [6, 6.07) is 0. The summed E-state index contributed by atoms with van der Waals surface area (Å²) in [5.74, 6) is 0. The summed E-state index contributed by atoms with van der Waals surface area (Å²) >= 11 is 0. The molecule has 7 heteroatoms. The van der Waals surface area contributed by atoms with Gasteiger partial charge in [0.25, 0.3) is 0 Å². The van der Waals surface area contributed by atoms with Crippen molar-refractivity contribution in [1.82, 2.24) is 0 Å². The Balaban J connectivity index is 0. The van der Waals surface area contributed by atoms with Crippen LogP contribution in [0.3, 0.4) is 0 Å². The summed E-state index contributed by atoms with van der Waals surface area (Å²) in [6.45, 7) is 1.76. The van der Waals surface area contributed by atoms with Gasteiger partial charge in [0, 0.05) is 6.92 Å². The highest BCUT2D eigenvalue weighted by molar-refractivity contribution is 6.50. The number of aliphatic hydroxyl groups is 1. The molecule has 0 aliphatic heterocycles. The smallest absolute Gasteiger partial charge is 0.418 e. The van der Waals surface area contributed by atoms with Gasteiger partial charge in [0.15, 0.2) is 6.23 Å². The summed E-state index contributed by atoms with van der Waals surface area (Å²) < 4.78 is 39.0. The molecule has 0 aromatic carbocycles. The Bertz CT molecular complexity index is 82.6. The van der Waals surface area contributed by atoms with E-state index in [1.54, 1.807) is 6.92 Å². The fourth-order valence-corrected chi connectivity index (χ4v) is 0. The minimum Gasteiger partial charge on any atom is -0.418 e. The minimum atomic E-state index is -6.00. The lowest BCUT2D eigenvalue weighted by molar-refractivity contribution is -0.907. The maximum absolute atomic E-state index is 9.75. The van der Waals surface area contributed by atoms with Crippen LogP contribution in [-0.4, -0.2) is 32.7 Å². The second-order valence-electron chi connectivity index (χ2n) is 2.25. The third kappa shape index (κ3) is 42.0. The van der Waals surface area contributed by atoms with Gasteiger partial charge in [-0.3, -0.25) is 0 Å². The molecule has 0 saturated heterocycles. The number of quaternary nitrogens is 1. The Labute approximate surface area is 62.9 Å². The predicted molar refractivity (Wildman–Crippen MR) is 34.7 cm³/mol. The molecule has 0 fully saturated rings. The topological polar surface area (TPSA) is 24.7 Å². The molecule has 0 radical (unpaired) electrons. The first-order valence-corrected chi connectivity index (χ1v) is 3.00. The van der Waals surface area contributed by atoms with Gasteiger partial charge in [-0.1, -0.05) is 0 Å². The number of nitrogens with one attached hydrogen (secondary N) is 1. The third-order valence-electron chi connectivity index (χ3n) is 0.836. The first kappa shape index (κ1) is 13.3. The Morgan fingerprint density at radius 3 is 1.27 bits per heavy atom. The number of rotatable bonds is 1. The van der Waals surface area contributed by atoms with Crippen LogP contribution in [0.1, 0.15) is 6.92 Å². The first-order valence-electron chi connectivity index (χ1n) is 3.00. The third-order valence-corrected chi connectivity index (χ3v) is 0.836. The van der Waals surface area contributed by atoms with Gasteiger partial charge < -0.3 is 27.3 Å². The van der Waals surface area contributed by atoms with E-state index in [0.29, 0.717) is 0 Å². The normalized spacial score (nSPS) is 13.9. The van der Waals surface area contributed by atoms with Crippen molar-refractivity contribution in [3.05, 3.63) is 0 Å². The molecule has 0 heterocycles. The van der Waals surface area contributed by atoms with Gasteiger partial charge in [0.2, 0.25) is 0 Å². The second-order valence-corrected chi connectivity index (χ2v) is 2.25. The van der Waals surface area contributed by atoms with Gasteiger partial charge in [-0.2, -0.15) is 0 Å². The lowest BCUT2D eigenvalue weighted by atomic mass is 10.3. The van der Waals surface area contributed by atoms with Gasteiger partial charge in [-0.05, 0) is 0 Å². The summed E-state index contributed by atoms with van der Waals surface area (Å²) in [6.07, 6.45) is -0.231. The van der Waals surface area contributed by atoms with E-state index in [0.717, 1.165) is 4.90 Å². The largest absolute Gasteiger partial charge is 0.673 e. The van der Waals surface area contributed by atoms with Gasteiger partial charge >= 0.3 is 7.25 Å². The van der Waals surface area contributed by atoms with Gasteiger partial charge in [-0.25, -0.2) is 0 Å². The maximum Gasteiger partial charge on any atom is 0.673 e. The summed E-state index contributed by atoms with van der Waals surface area (Å²) in [5, 5.41) is 8.59. The molecule has 0 saturated carbocycles. The monoisotopic (exact) mass is 177 g/mol. The molecule has 0 aliphatic carbocycles. The van der Waals surface area contributed by atoms with Crippen LogP contribution in [0.25, 0.3) is 0 Å². The maximum atomic E-state index is 9.75. The van der Waals surface area contributed by atoms with E-state index >= 15 is 0 Å². The molecule has 1 atom stereocenters. The summed E-state index contributed by atoms with van der Waals surface area (Å²) in [7, 11) is -2.19. The average Bonchev–Trinajstić information content (AvgIpc) is 1.59. The summed E-state index contributed by atoms with van der Waals surface area (Å²) in [5.41, 5.74) is 0. The number of aliphatic hydroxyl groups excluding tert-OH is 1. The van der Waals surface area contributed by atoms with E-state index in [2.05, 4.69) is 0 Å². The van der Waals surface area contributed by atoms with E-state index < -0.39 is 7.25 Å². The fraction of sp³-hybridized carbons (Fsp3) is 1.00. The van der Waals surface area contributed by atoms with Gasteiger partial charge in [-0.15, -0.1) is 0 Å². The summed E-state index contributed by atoms with van der Waals surface area (Å²) in [4.78, 5) is 1.06. The van der Waals surface area contributed by atoms with Crippen molar-refractivity contribution >= 4 is 7.25 Å². The predicted octanol–water partition coefficient (Wildman–Crippen LogP) is -0.231. The molecule has 2 nitrogen and oxygen atoms in total. The number of halogens is 4. The van der Waals surface area contributed by atoms with Gasteiger partial charge in [0.1, 0.15) is 0 Å². The zero-order chi connectivity index (χ0) is 9.65. The highest BCUT2D eigenvalue weighted by Crippen LogP contribution is 2.06. The van der Waals surface area contributed by atoms with Crippen molar-refractivity contribution < 1.29 is 27.3 Å². The van der Waals surface area contributed by atoms with Crippen LogP contribution in [0.5, 0.6) is 0 Å². The van der Waals surface area contributed by atoms with Crippen LogP contribution >= 0.6 is 0 Å². The lowest BCUT2D eigenvalue weighted by Gasteiger charge is -2.08. The van der Waals surface area contributed by atoms with Crippen LogP contribution < -0.4 is 4.90 Å². The van der Waals surface area contributed by atoms with E-state index in [4.69, 9.17) is 5.11 Å². The number of hydrogen-bond donors (Lipinski definition) is 2. The van der Waals surface area contributed by atoms with Crippen molar-refractivity contribution in [3.63, 3.8) is 0 Å². The molecule has 70 valence electrons. The highest BCUT2D eigenvalue weighted by Gasteiger charge is 2.20. The molecular formula is C4H12BF4NO. The molecule has 0 rings (SSSR count). The van der Waals surface area contributed by atoms with Crippen molar-refractivity contribution in [2.45, 2.75) is 13.2 Å². The molecule has 0 aromatic rings. The molecular weight excluding hydrogens is 165 g/mol. The molecule has 0 spiro atoms. The Morgan fingerprint density at radius 2 is 1.27 bits per heavy atom. The Kier molecular flexibility index (Phi) is 6.49. The molecule has 0 aliphatic rings. The quantitative estimate of drug-likeness (QED) is 0.322. The van der Waals surface area contributed by atoms with E-state index in [9.17, 15) is 17.3 Å². The van der Waals surface area contributed by atoms with Crippen LogP contribution in [0.4, 0.5) is 17.3 Å². The van der Waals surface area contributed by atoms with E-state index in [-0.39, 0.29) is 6.23 Å². The molecule has 0 aromatic heterocycles. The van der Waals surface area contributed by atoms with Crippen molar-refractivity contribution in [1.29, 1.82) is 0 Å². The molecule has 2 N–H and O–H groups in total. The molecule has 0 bridgehead atoms. The van der Waals surface area contributed by atoms with Gasteiger partial charge in [0.05, 0.1) is 14.1 Å². The van der Waals surface area contributed by atoms with Crippen molar-refractivity contribution in [2.75, 3.05) is 14.1 Å². The molecule has 11 heavy (non-hydrogen) atoms. The van der Waals surface area contributed by atoms with E-state index in [1.165, 1.54) is 0 Å². The Hall–Kier alpha value is -0.295.